The average Bonchev–Trinajstić information content (AvgIpc) is 3.04. The molecule has 0 saturated heterocycles. The molecule has 0 aromatic rings. The van der Waals surface area contributed by atoms with E-state index in [-0.39, 0.29) is 24.7 Å². The van der Waals surface area contributed by atoms with Gasteiger partial charge in [-0.05, 0) is 18.4 Å². The van der Waals surface area contributed by atoms with Crippen LogP contribution in [0.4, 0.5) is 0 Å². The highest BCUT2D eigenvalue weighted by atomic mass is 16.5. The first kappa shape index (κ1) is 17.0. The largest absolute Gasteiger partial charge is 0.486 e. The monoisotopic (exact) mass is 361 g/mol. The molecule has 0 bridgehead atoms. The van der Waals surface area contributed by atoms with E-state index in [0.717, 1.165) is 29.3 Å². The lowest BCUT2D eigenvalue weighted by Crippen LogP contribution is -2.47. The fourth-order valence-electron chi connectivity index (χ4n) is 3.91. The van der Waals surface area contributed by atoms with Crippen molar-refractivity contribution >= 4 is 11.8 Å². The van der Waals surface area contributed by atoms with Crippen LogP contribution in [0.5, 0.6) is 0 Å². The molecule has 0 spiro atoms. The van der Waals surface area contributed by atoms with E-state index >= 15 is 0 Å². The third kappa shape index (κ3) is 3.05. The highest BCUT2D eigenvalue weighted by Gasteiger charge is 2.38. The van der Waals surface area contributed by atoms with E-state index in [9.17, 15) is 9.59 Å². The van der Waals surface area contributed by atoms with Gasteiger partial charge >= 0.3 is 0 Å². The molecule has 0 aromatic carbocycles. The van der Waals surface area contributed by atoms with Gasteiger partial charge in [0.05, 0.1) is 17.9 Å². The maximum absolute atomic E-state index is 12.5. The third-order valence-electron chi connectivity index (χ3n) is 5.31. The van der Waals surface area contributed by atoms with Crippen molar-refractivity contribution in [2.45, 2.75) is 38.8 Å². The number of carbonyl (C=O) groups excluding carboxylic acids is 2. The van der Waals surface area contributed by atoms with Crippen LogP contribution in [0.1, 0.15) is 32.6 Å². The Hall–Kier alpha value is -2.48. The molecule has 0 aromatic heterocycles. The summed E-state index contributed by atoms with van der Waals surface area (Å²) in [6.07, 6.45) is 6.21. The van der Waals surface area contributed by atoms with Gasteiger partial charge in [-0.15, -0.1) is 0 Å². The molecule has 3 atom stereocenters. The minimum absolute atomic E-state index is 0.00644. The number of hydrogen-bond donors (Lipinski definition) is 3. The predicted octanol–water partition coefficient (Wildman–Crippen LogP) is 1.12. The molecule has 4 rings (SSSR count). The van der Waals surface area contributed by atoms with Crippen molar-refractivity contribution in [3.05, 3.63) is 35.1 Å². The molecule has 3 unspecified atom stereocenters. The van der Waals surface area contributed by atoms with Gasteiger partial charge < -0.3 is 19.7 Å². The fraction of sp³-hybridized carbons (Fsp3) is 0.556. The lowest BCUT2D eigenvalue weighted by Gasteiger charge is -2.37. The summed E-state index contributed by atoms with van der Waals surface area (Å²) in [5.74, 6) is 1.18. The second-order valence-corrected chi connectivity index (χ2v) is 7.21. The highest BCUT2D eigenvalue weighted by molar-refractivity contribution is 5.82. The van der Waals surface area contributed by atoms with E-state index < -0.39 is 5.91 Å². The van der Waals surface area contributed by atoms with Crippen LogP contribution in [0.3, 0.4) is 0 Å². The van der Waals surface area contributed by atoms with Crippen LogP contribution >= 0.6 is 0 Å². The third-order valence-corrected chi connectivity index (χ3v) is 5.31. The zero-order chi connectivity index (χ0) is 18.3. The Morgan fingerprint density at radius 1 is 1.42 bits per heavy atom. The first-order valence-corrected chi connectivity index (χ1v) is 8.99. The summed E-state index contributed by atoms with van der Waals surface area (Å²) < 4.78 is 11.6. The van der Waals surface area contributed by atoms with Crippen molar-refractivity contribution in [2.24, 2.45) is 11.8 Å². The van der Waals surface area contributed by atoms with Crippen molar-refractivity contribution in [1.82, 2.24) is 15.7 Å². The van der Waals surface area contributed by atoms with Crippen molar-refractivity contribution in [3.63, 3.8) is 0 Å². The molecule has 26 heavy (non-hydrogen) atoms. The van der Waals surface area contributed by atoms with Crippen LogP contribution in [0.15, 0.2) is 35.1 Å². The Morgan fingerprint density at radius 3 is 3.08 bits per heavy atom. The summed E-state index contributed by atoms with van der Waals surface area (Å²) in [5.41, 5.74) is 3.41. The maximum Gasteiger partial charge on any atom is 0.264 e. The molecule has 8 nitrogen and oxygen atoms in total. The molecule has 8 heteroatoms. The minimum Gasteiger partial charge on any atom is -0.486 e. The van der Waals surface area contributed by atoms with Gasteiger partial charge in [0.2, 0.25) is 5.91 Å². The Morgan fingerprint density at radius 2 is 2.27 bits per heavy atom. The Kier molecular flexibility index (Phi) is 4.36. The number of ether oxygens (including phenoxy) is 2. The Bertz CT molecular complexity index is 726. The van der Waals surface area contributed by atoms with Gasteiger partial charge in [0, 0.05) is 25.2 Å². The van der Waals surface area contributed by atoms with Crippen molar-refractivity contribution in [1.29, 1.82) is 0 Å². The zero-order valence-electron chi connectivity index (χ0n) is 14.7. The highest BCUT2D eigenvalue weighted by Crippen LogP contribution is 2.36. The molecule has 2 aliphatic carbocycles. The van der Waals surface area contributed by atoms with Gasteiger partial charge in [-0.2, -0.15) is 0 Å². The van der Waals surface area contributed by atoms with Crippen molar-refractivity contribution in [3.8, 4) is 0 Å². The van der Waals surface area contributed by atoms with E-state index in [1.54, 1.807) is 10.4 Å². The summed E-state index contributed by atoms with van der Waals surface area (Å²) in [4.78, 5) is 25.9. The van der Waals surface area contributed by atoms with E-state index in [0.29, 0.717) is 31.7 Å². The van der Waals surface area contributed by atoms with E-state index in [4.69, 9.17) is 14.7 Å². The second kappa shape index (κ2) is 6.68. The van der Waals surface area contributed by atoms with Crippen molar-refractivity contribution < 1.29 is 24.3 Å². The lowest BCUT2D eigenvalue weighted by atomic mass is 9.89. The smallest absolute Gasteiger partial charge is 0.264 e. The molecule has 0 saturated carbocycles. The van der Waals surface area contributed by atoms with Crippen LogP contribution in [0.2, 0.25) is 0 Å². The summed E-state index contributed by atoms with van der Waals surface area (Å²) in [7, 11) is 0. The van der Waals surface area contributed by atoms with Gasteiger partial charge in [0.25, 0.3) is 5.91 Å². The van der Waals surface area contributed by atoms with Crippen LogP contribution in [-0.4, -0.2) is 41.3 Å². The first-order valence-electron chi connectivity index (χ1n) is 8.99. The average molecular weight is 361 g/mol. The number of hydroxylamine groups is 1. The molecule has 3 N–H and O–H groups in total. The first-order chi connectivity index (χ1) is 12.5. The van der Waals surface area contributed by atoms with Gasteiger partial charge in [0.1, 0.15) is 11.5 Å². The van der Waals surface area contributed by atoms with Crippen LogP contribution in [0.25, 0.3) is 0 Å². The Labute approximate surface area is 151 Å². The summed E-state index contributed by atoms with van der Waals surface area (Å²) in [6.45, 7) is 2.49. The molecule has 2 amide bonds. The topological polar surface area (TPSA) is 100 Å². The number of carbonyl (C=O) groups is 2. The molecule has 2 heterocycles. The molecule has 2 aliphatic heterocycles. The maximum atomic E-state index is 12.5. The standard InChI is InChI=1S/C18H23N3O5/c1-10-2-4-12-15(6-10)26-16(19-12)8-21-13-7-11(18(23)20-24)3-5-14(13)25-9-17(21)22/h2,4,10-11,16,19,24H,3,5-9H2,1H3,(H,20,23). The number of nitrogens with one attached hydrogen (secondary N) is 2. The molecule has 140 valence electrons. The van der Waals surface area contributed by atoms with E-state index in [2.05, 4.69) is 18.3 Å². The van der Waals surface area contributed by atoms with E-state index in [1.165, 1.54) is 0 Å². The van der Waals surface area contributed by atoms with Crippen molar-refractivity contribution in [2.75, 3.05) is 13.2 Å². The lowest BCUT2D eigenvalue weighted by molar-refractivity contribution is -0.140. The van der Waals surface area contributed by atoms with Crippen LogP contribution in [-0.2, 0) is 19.1 Å². The normalized spacial score (nSPS) is 30.3. The van der Waals surface area contributed by atoms with E-state index in [1.807, 2.05) is 6.08 Å². The number of hydrogen-bond acceptors (Lipinski definition) is 6. The SMILES string of the molecule is CC1C=CC2=C(C1)OC(CN1C(=O)COC3=C1CC(C(=O)NO)CC3)N2. The predicted molar refractivity (Wildman–Crippen MR) is 89.9 cm³/mol. The molecule has 4 aliphatic rings. The minimum atomic E-state index is -0.430. The van der Waals surface area contributed by atoms with Crippen LogP contribution in [0, 0.1) is 11.8 Å². The zero-order valence-corrected chi connectivity index (χ0v) is 14.7. The summed E-state index contributed by atoms with van der Waals surface area (Å²) in [6, 6.07) is 0. The van der Waals surface area contributed by atoms with Gasteiger partial charge in [-0.25, -0.2) is 5.48 Å². The second-order valence-electron chi connectivity index (χ2n) is 7.21. The fourth-order valence-corrected chi connectivity index (χ4v) is 3.91. The molecular weight excluding hydrogens is 338 g/mol. The molecular formula is C18H23N3O5. The van der Waals surface area contributed by atoms with Gasteiger partial charge in [-0.3, -0.25) is 14.8 Å². The van der Waals surface area contributed by atoms with Gasteiger partial charge in [0.15, 0.2) is 12.8 Å². The molecule has 0 fully saturated rings. The Balaban J connectivity index is 1.48. The number of nitrogens with zero attached hydrogens (tertiary/aromatic N) is 1. The van der Waals surface area contributed by atoms with Crippen LogP contribution < -0.4 is 10.8 Å². The number of allylic oxidation sites excluding steroid dienone is 5. The summed E-state index contributed by atoms with van der Waals surface area (Å²) >= 11 is 0. The van der Waals surface area contributed by atoms with Gasteiger partial charge in [-0.1, -0.05) is 13.0 Å². The quantitative estimate of drug-likeness (QED) is 0.514. The number of amides is 2. The summed E-state index contributed by atoms with van der Waals surface area (Å²) in [5, 5.41) is 12.2. The molecule has 0 radical (unpaired) electrons. The number of rotatable bonds is 3.